The average Bonchev–Trinajstić information content (AvgIpc) is 2.69. The minimum Gasteiger partial charge on any atom is -0.504 e. The Morgan fingerprint density at radius 2 is 2.06 bits per heavy atom. The van der Waals surface area contributed by atoms with Crippen molar-refractivity contribution in [3.8, 4) is 22.8 Å². The first-order valence-corrected chi connectivity index (χ1v) is 4.90. The lowest BCUT2D eigenvalue weighted by Crippen LogP contribution is -1.99. The standard InChI is InChI=1S/C11H9FN2O4/c1-14-7(4-6(13-14)11(17)18)5-2-3-8(15)10(16)9(5)12/h2-4,15-16H,1H3,(H,17,18). The molecule has 1 aromatic carbocycles. The van der Waals surface area contributed by atoms with Crippen LogP contribution in [0.3, 0.4) is 0 Å². The zero-order valence-corrected chi connectivity index (χ0v) is 9.25. The Kier molecular flexibility index (Phi) is 2.66. The van der Waals surface area contributed by atoms with E-state index in [9.17, 15) is 14.3 Å². The number of aromatic hydroxyl groups is 2. The van der Waals surface area contributed by atoms with Crippen LogP contribution in [0.25, 0.3) is 11.3 Å². The number of phenolic OH excluding ortho intramolecular Hbond substituents is 2. The van der Waals surface area contributed by atoms with Gasteiger partial charge in [-0.3, -0.25) is 4.68 Å². The lowest BCUT2D eigenvalue weighted by Gasteiger charge is -2.06. The minimum absolute atomic E-state index is 0.0483. The Bertz CT molecular complexity index is 636. The first-order valence-electron chi connectivity index (χ1n) is 4.90. The van der Waals surface area contributed by atoms with E-state index < -0.39 is 23.3 Å². The quantitative estimate of drug-likeness (QED) is 0.701. The molecule has 0 fully saturated rings. The number of hydrogen-bond donors (Lipinski definition) is 3. The summed E-state index contributed by atoms with van der Waals surface area (Å²) in [4.78, 5) is 10.7. The van der Waals surface area contributed by atoms with Crippen molar-refractivity contribution in [2.24, 2.45) is 7.05 Å². The first kappa shape index (κ1) is 11.9. The number of aromatic nitrogens is 2. The van der Waals surface area contributed by atoms with Crippen LogP contribution in [0.1, 0.15) is 10.5 Å². The second kappa shape index (κ2) is 4.02. The number of halogens is 1. The van der Waals surface area contributed by atoms with Gasteiger partial charge in [-0.1, -0.05) is 0 Å². The molecule has 7 heteroatoms. The van der Waals surface area contributed by atoms with E-state index in [-0.39, 0.29) is 17.0 Å². The lowest BCUT2D eigenvalue weighted by atomic mass is 10.1. The van der Waals surface area contributed by atoms with Gasteiger partial charge in [0.2, 0.25) is 0 Å². The Balaban J connectivity index is 2.62. The number of carboxylic acid groups (broad SMARTS) is 1. The normalized spacial score (nSPS) is 10.6. The zero-order valence-electron chi connectivity index (χ0n) is 9.25. The van der Waals surface area contributed by atoms with E-state index in [2.05, 4.69) is 5.10 Å². The van der Waals surface area contributed by atoms with Gasteiger partial charge in [-0.2, -0.15) is 5.10 Å². The van der Waals surface area contributed by atoms with Crippen molar-refractivity contribution in [2.75, 3.05) is 0 Å². The fraction of sp³-hybridized carbons (Fsp3) is 0.0909. The zero-order chi connectivity index (χ0) is 13.4. The number of carboxylic acids is 1. The molecule has 0 saturated carbocycles. The molecule has 0 aliphatic heterocycles. The maximum absolute atomic E-state index is 13.7. The van der Waals surface area contributed by atoms with Crippen molar-refractivity contribution in [1.82, 2.24) is 9.78 Å². The number of carbonyl (C=O) groups is 1. The molecule has 3 N–H and O–H groups in total. The van der Waals surface area contributed by atoms with E-state index in [0.29, 0.717) is 0 Å². The van der Waals surface area contributed by atoms with Gasteiger partial charge >= 0.3 is 5.97 Å². The molecule has 0 spiro atoms. The Hall–Kier alpha value is -2.57. The summed E-state index contributed by atoms with van der Waals surface area (Å²) in [5, 5.41) is 30.9. The van der Waals surface area contributed by atoms with Crippen LogP contribution >= 0.6 is 0 Å². The molecule has 1 aromatic heterocycles. The van der Waals surface area contributed by atoms with Crippen LogP contribution < -0.4 is 0 Å². The van der Waals surface area contributed by atoms with Crippen molar-refractivity contribution < 1.29 is 24.5 Å². The monoisotopic (exact) mass is 252 g/mol. The Labute approximate surface area is 101 Å². The summed E-state index contributed by atoms with van der Waals surface area (Å²) >= 11 is 0. The van der Waals surface area contributed by atoms with Crippen LogP contribution in [0.5, 0.6) is 11.5 Å². The number of nitrogens with zero attached hydrogens (tertiary/aromatic N) is 2. The van der Waals surface area contributed by atoms with E-state index >= 15 is 0 Å². The minimum atomic E-state index is -1.24. The Morgan fingerprint density at radius 3 is 2.61 bits per heavy atom. The van der Waals surface area contributed by atoms with Crippen molar-refractivity contribution in [1.29, 1.82) is 0 Å². The SMILES string of the molecule is Cn1nc(C(=O)O)cc1-c1ccc(O)c(O)c1F. The van der Waals surface area contributed by atoms with Gasteiger partial charge in [-0.15, -0.1) is 0 Å². The molecule has 0 aliphatic carbocycles. The lowest BCUT2D eigenvalue weighted by molar-refractivity contribution is 0.0689. The number of benzene rings is 1. The van der Waals surface area contributed by atoms with Crippen molar-refractivity contribution >= 4 is 5.97 Å². The molecule has 94 valence electrons. The maximum atomic E-state index is 13.7. The molecule has 18 heavy (non-hydrogen) atoms. The summed E-state index contributed by atoms with van der Waals surface area (Å²) in [6, 6.07) is 3.52. The number of aromatic carboxylic acids is 1. The number of phenols is 2. The second-order valence-electron chi connectivity index (χ2n) is 3.64. The third-order valence-electron chi connectivity index (χ3n) is 2.47. The molecule has 0 atom stereocenters. The maximum Gasteiger partial charge on any atom is 0.356 e. The Morgan fingerprint density at radius 1 is 1.39 bits per heavy atom. The smallest absolute Gasteiger partial charge is 0.356 e. The summed E-state index contributed by atoms with van der Waals surface area (Å²) in [6.45, 7) is 0. The third-order valence-corrected chi connectivity index (χ3v) is 2.47. The highest BCUT2D eigenvalue weighted by atomic mass is 19.1. The van der Waals surface area contributed by atoms with Crippen LogP contribution in [0.15, 0.2) is 18.2 Å². The molecule has 0 unspecified atom stereocenters. The van der Waals surface area contributed by atoms with E-state index in [1.807, 2.05) is 0 Å². The van der Waals surface area contributed by atoms with Crippen LogP contribution in [0.4, 0.5) is 4.39 Å². The number of hydrogen-bond acceptors (Lipinski definition) is 4. The van der Waals surface area contributed by atoms with Gasteiger partial charge in [0.1, 0.15) is 0 Å². The molecular weight excluding hydrogens is 243 g/mol. The van der Waals surface area contributed by atoms with E-state index in [1.165, 1.54) is 23.9 Å². The van der Waals surface area contributed by atoms with Crippen molar-refractivity contribution in [3.05, 3.63) is 29.7 Å². The van der Waals surface area contributed by atoms with Gasteiger partial charge < -0.3 is 15.3 Å². The van der Waals surface area contributed by atoms with Crippen molar-refractivity contribution in [2.45, 2.75) is 0 Å². The van der Waals surface area contributed by atoms with Gasteiger partial charge in [0.05, 0.1) is 5.69 Å². The molecule has 2 aromatic rings. The summed E-state index contributed by atoms with van der Waals surface area (Å²) in [6.07, 6.45) is 0. The number of rotatable bonds is 2. The largest absolute Gasteiger partial charge is 0.504 e. The first-order chi connectivity index (χ1) is 8.41. The summed E-state index contributed by atoms with van der Waals surface area (Å²) in [7, 11) is 1.45. The van der Waals surface area contributed by atoms with Crippen LogP contribution in [-0.2, 0) is 7.05 Å². The highest BCUT2D eigenvalue weighted by molar-refractivity contribution is 5.87. The third kappa shape index (κ3) is 1.75. The molecule has 6 nitrogen and oxygen atoms in total. The van der Waals surface area contributed by atoms with Gasteiger partial charge in [-0.25, -0.2) is 9.18 Å². The molecule has 0 bridgehead atoms. The van der Waals surface area contributed by atoms with Crippen molar-refractivity contribution in [3.63, 3.8) is 0 Å². The van der Waals surface area contributed by atoms with E-state index in [1.54, 1.807) is 0 Å². The second-order valence-corrected chi connectivity index (χ2v) is 3.64. The van der Waals surface area contributed by atoms with Crippen LogP contribution in [-0.4, -0.2) is 31.1 Å². The highest BCUT2D eigenvalue weighted by Gasteiger charge is 2.18. The fourth-order valence-electron chi connectivity index (χ4n) is 1.58. The summed E-state index contributed by atoms with van der Waals surface area (Å²) in [5.41, 5.74) is -0.104. The van der Waals surface area contributed by atoms with Gasteiger partial charge in [0.25, 0.3) is 0 Å². The molecule has 0 aliphatic rings. The van der Waals surface area contributed by atoms with Crippen LogP contribution in [0, 0.1) is 5.82 Å². The summed E-state index contributed by atoms with van der Waals surface area (Å²) in [5.74, 6) is -3.74. The number of aryl methyl sites for hydroxylation is 1. The van der Waals surface area contributed by atoms with Gasteiger partial charge in [0.15, 0.2) is 23.0 Å². The van der Waals surface area contributed by atoms with E-state index in [0.717, 1.165) is 6.07 Å². The summed E-state index contributed by atoms with van der Waals surface area (Å²) < 4.78 is 14.9. The topological polar surface area (TPSA) is 95.6 Å². The molecule has 2 rings (SSSR count). The molecular formula is C11H9FN2O4. The van der Waals surface area contributed by atoms with Crippen LogP contribution in [0.2, 0.25) is 0 Å². The fourth-order valence-corrected chi connectivity index (χ4v) is 1.58. The highest BCUT2D eigenvalue weighted by Crippen LogP contribution is 2.34. The average molecular weight is 252 g/mol. The molecule has 0 saturated heterocycles. The predicted molar refractivity (Wildman–Crippen MR) is 58.9 cm³/mol. The molecule has 0 radical (unpaired) electrons. The van der Waals surface area contributed by atoms with Gasteiger partial charge in [0, 0.05) is 12.6 Å². The van der Waals surface area contributed by atoms with Gasteiger partial charge in [-0.05, 0) is 18.2 Å². The molecule has 1 heterocycles. The predicted octanol–water partition coefficient (Wildman–Crippen LogP) is 1.34. The van der Waals surface area contributed by atoms with E-state index in [4.69, 9.17) is 10.2 Å². The molecule has 0 amide bonds.